The Morgan fingerprint density at radius 2 is 1.83 bits per heavy atom. The van der Waals surface area contributed by atoms with Crippen molar-refractivity contribution in [3.05, 3.63) is 23.8 Å². The molecule has 1 aliphatic rings. The zero-order valence-corrected chi connectivity index (χ0v) is 10.5. The monoisotopic (exact) mass is 257 g/mol. The zero-order valence-electron chi connectivity index (χ0n) is 10.5. The maximum atomic E-state index is 13.6. The minimum Gasteiger partial charge on any atom is -0.485 e. The molecule has 2 atom stereocenters. The largest absolute Gasteiger partial charge is 0.485 e. The van der Waals surface area contributed by atoms with E-state index in [2.05, 4.69) is 0 Å². The first kappa shape index (κ1) is 13.1. The van der Waals surface area contributed by atoms with Crippen LogP contribution in [0.1, 0.15) is 26.7 Å². The molecule has 1 fully saturated rings. The van der Waals surface area contributed by atoms with E-state index in [1.807, 2.05) is 13.8 Å². The molecule has 2 unspecified atom stereocenters. The van der Waals surface area contributed by atoms with E-state index < -0.39 is 11.6 Å². The van der Waals surface area contributed by atoms with Gasteiger partial charge in [0.05, 0.1) is 17.9 Å². The van der Waals surface area contributed by atoms with Crippen molar-refractivity contribution >= 4 is 5.69 Å². The van der Waals surface area contributed by atoms with E-state index in [9.17, 15) is 8.78 Å². The molecule has 1 aliphatic heterocycles. The van der Waals surface area contributed by atoms with Gasteiger partial charge in [0.2, 0.25) is 5.82 Å². The minimum atomic E-state index is -1.03. The lowest BCUT2D eigenvalue weighted by Gasteiger charge is -2.32. The van der Waals surface area contributed by atoms with Crippen molar-refractivity contribution in [2.75, 3.05) is 5.73 Å². The zero-order chi connectivity index (χ0) is 13.3. The Labute approximate surface area is 105 Å². The van der Waals surface area contributed by atoms with Gasteiger partial charge in [0.25, 0.3) is 0 Å². The summed E-state index contributed by atoms with van der Waals surface area (Å²) in [6, 6.07) is 2.30. The number of ether oxygens (including phenoxy) is 2. The van der Waals surface area contributed by atoms with Gasteiger partial charge in [0, 0.05) is 12.8 Å². The molecule has 1 heterocycles. The van der Waals surface area contributed by atoms with Crippen LogP contribution in [0.15, 0.2) is 12.1 Å². The SMILES string of the molecule is CC1CC(Oc2c(N)ccc(F)c2F)CC(C)O1. The minimum absolute atomic E-state index is 0.0385. The highest BCUT2D eigenvalue weighted by molar-refractivity contribution is 5.53. The van der Waals surface area contributed by atoms with Crippen molar-refractivity contribution < 1.29 is 18.3 Å². The Kier molecular flexibility index (Phi) is 3.71. The molecule has 0 aliphatic carbocycles. The summed E-state index contributed by atoms with van der Waals surface area (Å²) in [5.41, 5.74) is 5.73. The molecule has 0 radical (unpaired) electrons. The average Bonchev–Trinajstić information content (AvgIpc) is 2.28. The molecule has 2 N–H and O–H groups in total. The maximum Gasteiger partial charge on any atom is 0.202 e. The fourth-order valence-electron chi connectivity index (χ4n) is 2.27. The Morgan fingerprint density at radius 3 is 2.44 bits per heavy atom. The van der Waals surface area contributed by atoms with Gasteiger partial charge in [0.15, 0.2) is 11.6 Å². The predicted octanol–water partition coefficient (Wildman–Crippen LogP) is 2.88. The number of halogens is 2. The lowest BCUT2D eigenvalue weighted by atomic mass is 10.0. The standard InChI is InChI=1S/C13H17F2NO2/c1-7-5-9(6-8(2)17-7)18-13-11(16)4-3-10(14)12(13)15/h3-4,7-9H,5-6,16H2,1-2H3. The lowest BCUT2D eigenvalue weighted by Crippen LogP contribution is -2.36. The number of rotatable bonds is 2. The van der Waals surface area contributed by atoms with Crippen molar-refractivity contribution in [3.63, 3.8) is 0 Å². The second-order valence-electron chi connectivity index (χ2n) is 4.75. The molecule has 2 rings (SSSR count). The van der Waals surface area contributed by atoms with E-state index in [4.69, 9.17) is 15.2 Å². The molecule has 0 bridgehead atoms. The van der Waals surface area contributed by atoms with E-state index in [0.717, 1.165) is 6.07 Å². The molecular formula is C13H17F2NO2. The molecule has 1 saturated heterocycles. The highest BCUT2D eigenvalue weighted by Gasteiger charge is 2.27. The molecule has 0 aromatic heterocycles. The van der Waals surface area contributed by atoms with Crippen LogP contribution in [-0.2, 0) is 4.74 Å². The summed E-state index contributed by atoms with van der Waals surface area (Å²) < 4.78 is 37.8. The van der Waals surface area contributed by atoms with Gasteiger partial charge in [-0.25, -0.2) is 4.39 Å². The smallest absolute Gasteiger partial charge is 0.202 e. The van der Waals surface area contributed by atoms with E-state index in [1.54, 1.807) is 0 Å². The summed E-state index contributed by atoms with van der Waals surface area (Å²) in [5.74, 6) is -2.17. The van der Waals surface area contributed by atoms with Gasteiger partial charge in [-0.05, 0) is 26.0 Å². The summed E-state index contributed by atoms with van der Waals surface area (Å²) in [7, 11) is 0. The number of benzene rings is 1. The van der Waals surface area contributed by atoms with Crippen LogP contribution in [0.4, 0.5) is 14.5 Å². The first-order valence-corrected chi connectivity index (χ1v) is 6.03. The molecule has 1 aromatic carbocycles. The van der Waals surface area contributed by atoms with Crippen LogP contribution in [0, 0.1) is 11.6 Å². The topological polar surface area (TPSA) is 44.5 Å². The first-order valence-electron chi connectivity index (χ1n) is 6.03. The molecule has 1 aromatic rings. The Bertz CT molecular complexity index is 429. The Morgan fingerprint density at radius 1 is 1.22 bits per heavy atom. The normalized spacial score (nSPS) is 28.1. The van der Waals surface area contributed by atoms with Crippen LogP contribution in [0.3, 0.4) is 0 Å². The van der Waals surface area contributed by atoms with Crippen LogP contribution in [-0.4, -0.2) is 18.3 Å². The molecule has 3 nitrogen and oxygen atoms in total. The quantitative estimate of drug-likeness (QED) is 0.828. The van der Waals surface area contributed by atoms with E-state index in [-0.39, 0.29) is 29.7 Å². The molecule has 0 amide bonds. The van der Waals surface area contributed by atoms with Gasteiger partial charge in [-0.15, -0.1) is 0 Å². The molecule has 18 heavy (non-hydrogen) atoms. The van der Waals surface area contributed by atoms with Gasteiger partial charge in [-0.2, -0.15) is 4.39 Å². The Hall–Kier alpha value is -1.36. The Balaban J connectivity index is 2.16. The first-order chi connectivity index (χ1) is 8.47. The third kappa shape index (κ3) is 2.72. The van der Waals surface area contributed by atoms with Crippen molar-refractivity contribution in [2.24, 2.45) is 0 Å². The van der Waals surface area contributed by atoms with Gasteiger partial charge in [-0.3, -0.25) is 0 Å². The van der Waals surface area contributed by atoms with E-state index in [0.29, 0.717) is 12.8 Å². The summed E-state index contributed by atoms with van der Waals surface area (Å²) in [4.78, 5) is 0. The highest BCUT2D eigenvalue weighted by Crippen LogP contribution is 2.31. The summed E-state index contributed by atoms with van der Waals surface area (Å²) in [5, 5.41) is 0. The highest BCUT2D eigenvalue weighted by atomic mass is 19.2. The second kappa shape index (κ2) is 5.10. The number of nitrogens with two attached hydrogens (primary N) is 1. The third-order valence-corrected chi connectivity index (χ3v) is 3.02. The van der Waals surface area contributed by atoms with Crippen molar-refractivity contribution in [2.45, 2.75) is 45.0 Å². The van der Waals surface area contributed by atoms with Crippen molar-refractivity contribution in [1.29, 1.82) is 0 Å². The molecule has 5 heteroatoms. The summed E-state index contributed by atoms with van der Waals surface area (Å²) in [6.07, 6.45) is 1.15. The molecular weight excluding hydrogens is 240 g/mol. The third-order valence-electron chi connectivity index (χ3n) is 3.02. The molecule has 0 saturated carbocycles. The van der Waals surface area contributed by atoms with Crippen molar-refractivity contribution in [1.82, 2.24) is 0 Å². The predicted molar refractivity (Wildman–Crippen MR) is 64.4 cm³/mol. The van der Waals surface area contributed by atoms with Gasteiger partial charge >= 0.3 is 0 Å². The number of hydrogen-bond acceptors (Lipinski definition) is 3. The van der Waals surface area contributed by atoms with Gasteiger partial charge in [-0.1, -0.05) is 0 Å². The summed E-state index contributed by atoms with van der Waals surface area (Å²) >= 11 is 0. The lowest BCUT2D eigenvalue weighted by molar-refractivity contribution is -0.0727. The van der Waals surface area contributed by atoms with Crippen LogP contribution in [0.5, 0.6) is 5.75 Å². The fraction of sp³-hybridized carbons (Fsp3) is 0.538. The average molecular weight is 257 g/mol. The van der Waals surface area contributed by atoms with Gasteiger partial charge < -0.3 is 15.2 Å². The second-order valence-corrected chi connectivity index (χ2v) is 4.75. The number of nitrogen functional groups attached to an aromatic ring is 1. The van der Waals surface area contributed by atoms with Crippen LogP contribution >= 0.6 is 0 Å². The van der Waals surface area contributed by atoms with Crippen LogP contribution in [0.2, 0.25) is 0 Å². The molecule has 100 valence electrons. The fourth-order valence-corrected chi connectivity index (χ4v) is 2.27. The number of hydrogen-bond donors (Lipinski definition) is 1. The molecule has 0 spiro atoms. The van der Waals surface area contributed by atoms with Crippen molar-refractivity contribution in [3.8, 4) is 5.75 Å². The number of anilines is 1. The summed E-state index contributed by atoms with van der Waals surface area (Å²) in [6.45, 7) is 3.86. The van der Waals surface area contributed by atoms with E-state index >= 15 is 0 Å². The van der Waals surface area contributed by atoms with Crippen LogP contribution in [0.25, 0.3) is 0 Å². The van der Waals surface area contributed by atoms with E-state index in [1.165, 1.54) is 6.07 Å². The van der Waals surface area contributed by atoms with Gasteiger partial charge in [0.1, 0.15) is 6.10 Å². The maximum absolute atomic E-state index is 13.6. The van der Waals surface area contributed by atoms with Crippen LogP contribution < -0.4 is 10.5 Å².